The van der Waals surface area contributed by atoms with E-state index >= 15 is 0 Å². The van der Waals surface area contributed by atoms with Crippen LogP contribution in [0.1, 0.15) is 0 Å². The zero-order valence-corrected chi connectivity index (χ0v) is 8.79. The van der Waals surface area contributed by atoms with Crippen molar-refractivity contribution in [3.05, 3.63) is 11.7 Å². The number of hydrogen-bond acceptors (Lipinski definition) is 0. The van der Waals surface area contributed by atoms with Gasteiger partial charge in [0.25, 0.3) is 0 Å². The van der Waals surface area contributed by atoms with Crippen LogP contribution in [0.5, 0.6) is 0 Å². The Kier molecular flexibility index (Phi) is 4.61. The molecule has 0 aromatic heterocycles. The van der Waals surface area contributed by atoms with Gasteiger partial charge >= 0.3 is 30.1 Å². The topological polar surface area (TPSA) is 0 Å². The third kappa shape index (κ3) is 3.02. The molecule has 0 saturated heterocycles. The summed E-state index contributed by atoms with van der Waals surface area (Å²) >= 11 is 0. The summed E-state index contributed by atoms with van der Waals surface area (Å²) in [6, 6.07) is 0. The van der Waals surface area contributed by atoms with Crippen molar-refractivity contribution in [3.63, 3.8) is 0 Å². The molecule has 0 fully saturated rings. The van der Waals surface area contributed by atoms with Crippen molar-refractivity contribution < 1.29 is 61.5 Å². The normalized spacial score (nSPS) is 16.9. The van der Waals surface area contributed by atoms with Crippen LogP contribution in [-0.2, 0) is 0 Å². The zero-order chi connectivity index (χ0) is 17.7. The van der Waals surface area contributed by atoms with E-state index in [1.807, 2.05) is 0 Å². The molecule has 0 aliphatic rings. The number of allylic oxidation sites excluding steroid dienone is 2. The predicted molar refractivity (Wildman–Crippen MR) is 36.2 cm³/mol. The summed E-state index contributed by atoms with van der Waals surface area (Å²) < 4.78 is 167. The largest absolute Gasteiger partial charge is 0.460 e. The van der Waals surface area contributed by atoms with E-state index in [1.165, 1.54) is 0 Å². The Labute approximate surface area is 105 Å². The van der Waals surface area contributed by atoms with Crippen LogP contribution in [-0.4, -0.2) is 30.1 Å². The highest BCUT2D eigenvalue weighted by Crippen LogP contribution is 2.53. The van der Waals surface area contributed by atoms with Crippen LogP contribution in [0, 0.1) is 0 Å². The first-order valence-corrected chi connectivity index (χ1v) is 4.15. The molecule has 0 aliphatic heterocycles. The lowest BCUT2D eigenvalue weighted by molar-refractivity contribution is -0.349. The lowest BCUT2D eigenvalue weighted by Crippen LogP contribution is -2.53. The lowest BCUT2D eigenvalue weighted by atomic mass is 10.1. The third-order valence-electron chi connectivity index (χ3n) is 1.85. The van der Waals surface area contributed by atoms with Gasteiger partial charge in [0.05, 0.1) is 0 Å². The minimum Gasteiger partial charge on any atom is -0.202 e. The fourth-order valence-corrected chi connectivity index (χ4v) is 0.716. The van der Waals surface area contributed by atoms with Crippen molar-refractivity contribution >= 4 is 0 Å². The molecule has 0 saturated carbocycles. The summed E-state index contributed by atoms with van der Waals surface area (Å²) in [7, 11) is 0. The Morgan fingerprint density at radius 2 is 0.714 bits per heavy atom. The highest BCUT2D eigenvalue weighted by Gasteiger charge is 2.77. The average Bonchev–Trinajstić information content (AvgIpc) is 2.23. The van der Waals surface area contributed by atoms with Crippen molar-refractivity contribution in [1.82, 2.24) is 0 Å². The highest BCUT2D eigenvalue weighted by molar-refractivity contribution is 5.22. The Hall–Kier alpha value is -1.24. The maximum Gasteiger partial charge on any atom is 0.460 e. The fraction of sp³-hybridized carbons (Fsp3) is 0.714. The summed E-state index contributed by atoms with van der Waals surface area (Å²) in [6.45, 7) is 0. The first kappa shape index (κ1) is 19.8. The van der Waals surface area contributed by atoms with Crippen molar-refractivity contribution in [2.45, 2.75) is 30.1 Å². The maximum absolute atomic E-state index is 12.4. The molecular weight excluding hydrogens is 350 g/mol. The quantitative estimate of drug-likeness (QED) is 0.617. The molecule has 0 radical (unpaired) electrons. The average molecular weight is 350 g/mol. The number of hydrogen-bond donors (Lipinski definition) is 0. The molecule has 0 N–H and O–H groups in total. The monoisotopic (exact) mass is 350 g/mol. The summed E-state index contributed by atoms with van der Waals surface area (Å²) in [4.78, 5) is 0. The molecule has 0 aliphatic carbocycles. The van der Waals surface area contributed by atoms with Crippen molar-refractivity contribution in [3.8, 4) is 0 Å². The lowest BCUT2D eigenvalue weighted by Gasteiger charge is -2.28. The molecule has 0 atom stereocenters. The molecule has 126 valence electrons. The van der Waals surface area contributed by atoms with Gasteiger partial charge in [0.1, 0.15) is 0 Å². The van der Waals surface area contributed by atoms with Gasteiger partial charge in [0.15, 0.2) is 0 Å². The molecule has 0 aromatic rings. The van der Waals surface area contributed by atoms with Gasteiger partial charge in [0.2, 0.25) is 11.7 Å². The van der Waals surface area contributed by atoms with E-state index in [4.69, 9.17) is 0 Å². The Morgan fingerprint density at radius 1 is 0.429 bits per heavy atom. The van der Waals surface area contributed by atoms with Crippen LogP contribution in [0.25, 0.3) is 0 Å². The van der Waals surface area contributed by atoms with Crippen LogP contribution in [0.3, 0.4) is 0 Å². The predicted octanol–water partition coefficient (Wildman–Crippen LogP) is 5.17. The smallest absolute Gasteiger partial charge is 0.202 e. The van der Waals surface area contributed by atoms with Gasteiger partial charge in [-0.3, -0.25) is 0 Å². The highest BCUT2D eigenvalue weighted by atomic mass is 19.4. The number of rotatable bonds is 3. The second-order valence-electron chi connectivity index (χ2n) is 3.35. The van der Waals surface area contributed by atoms with E-state index in [0.717, 1.165) is 0 Å². The molecule has 0 unspecified atom stereocenters. The van der Waals surface area contributed by atoms with Gasteiger partial charge < -0.3 is 0 Å². The van der Waals surface area contributed by atoms with Gasteiger partial charge in [0, 0.05) is 0 Å². The molecule has 0 spiro atoms. The summed E-state index contributed by atoms with van der Waals surface area (Å²) in [5.74, 6) is -31.5. The van der Waals surface area contributed by atoms with E-state index in [1.54, 1.807) is 0 Å². The van der Waals surface area contributed by atoms with Gasteiger partial charge in [-0.1, -0.05) is 0 Å². The number of alkyl halides is 12. The summed E-state index contributed by atoms with van der Waals surface area (Å²) in [5, 5.41) is 0. The van der Waals surface area contributed by atoms with Crippen molar-refractivity contribution in [2.75, 3.05) is 0 Å². The van der Waals surface area contributed by atoms with Crippen LogP contribution >= 0.6 is 0 Å². The minimum absolute atomic E-state index is 4.80. The number of halogens is 14. The second kappa shape index (κ2) is 4.90. The minimum atomic E-state index is -7.43. The SMILES string of the molecule is F/C(=C(\F)C(F)(F)C(F)(F)C(F)(F)F)C(F)(F)C(F)(F)F. The standard InChI is InChI=1S/C7F14/c8-1(2(9)4(12,13)6(16,17)18)3(10,11)5(14,15)7(19,20)21/b2-1-. The molecule has 14 heteroatoms. The van der Waals surface area contributed by atoms with Crippen LogP contribution in [0.15, 0.2) is 11.7 Å². The Morgan fingerprint density at radius 3 is 0.952 bits per heavy atom. The van der Waals surface area contributed by atoms with E-state index in [2.05, 4.69) is 0 Å². The molecule has 0 heterocycles. The van der Waals surface area contributed by atoms with Gasteiger partial charge in [-0.15, -0.1) is 0 Å². The molecule has 0 amide bonds. The van der Waals surface area contributed by atoms with E-state index in [0.29, 0.717) is 0 Å². The fourth-order valence-electron chi connectivity index (χ4n) is 0.716. The van der Waals surface area contributed by atoms with Gasteiger partial charge in [-0.25, -0.2) is 8.78 Å². The van der Waals surface area contributed by atoms with Crippen LogP contribution in [0.2, 0.25) is 0 Å². The summed E-state index contributed by atoms with van der Waals surface area (Å²) in [6.07, 6.45) is -14.3. The third-order valence-corrected chi connectivity index (χ3v) is 1.85. The molecule has 0 aromatic carbocycles. The first-order valence-electron chi connectivity index (χ1n) is 4.15. The first-order chi connectivity index (χ1) is 8.82. The van der Waals surface area contributed by atoms with E-state index in [-0.39, 0.29) is 0 Å². The van der Waals surface area contributed by atoms with Crippen LogP contribution in [0.4, 0.5) is 61.5 Å². The molecule has 0 nitrogen and oxygen atoms in total. The van der Waals surface area contributed by atoms with E-state index in [9.17, 15) is 61.5 Å². The molecule has 21 heavy (non-hydrogen) atoms. The Bertz CT molecular complexity index is 420. The molecule has 0 rings (SSSR count). The van der Waals surface area contributed by atoms with E-state index < -0.39 is 41.8 Å². The van der Waals surface area contributed by atoms with Crippen molar-refractivity contribution in [2.24, 2.45) is 0 Å². The molecular formula is C7F14. The van der Waals surface area contributed by atoms with Gasteiger partial charge in [-0.2, -0.15) is 52.7 Å². The van der Waals surface area contributed by atoms with Gasteiger partial charge in [-0.05, 0) is 0 Å². The second-order valence-corrected chi connectivity index (χ2v) is 3.35. The summed E-state index contributed by atoms with van der Waals surface area (Å²) in [5.41, 5.74) is 0. The molecule has 0 bridgehead atoms. The maximum atomic E-state index is 12.4. The Balaban J connectivity index is 6.13. The van der Waals surface area contributed by atoms with Crippen LogP contribution < -0.4 is 0 Å². The zero-order valence-electron chi connectivity index (χ0n) is 8.79. The van der Waals surface area contributed by atoms with Crippen molar-refractivity contribution in [1.29, 1.82) is 0 Å².